The lowest BCUT2D eigenvalue weighted by Gasteiger charge is -2.29. The lowest BCUT2D eigenvalue weighted by atomic mass is 9.95. The number of benzene rings is 1. The normalized spacial score (nSPS) is 15.5. The van der Waals surface area contributed by atoms with Crippen LogP contribution in [0.3, 0.4) is 0 Å². The summed E-state index contributed by atoms with van der Waals surface area (Å²) in [6.07, 6.45) is 7.11. The molecule has 0 bridgehead atoms. The summed E-state index contributed by atoms with van der Waals surface area (Å²) in [6.45, 7) is 10.9. The van der Waals surface area contributed by atoms with Crippen molar-refractivity contribution in [2.45, 2.75) is 46.0 Å². The van der Waals surface area contributed by atoms with Crippen molar-refractivity contribution < 1.29 is 18.4 Å². The van der Waals surface area contributed by atoms with Crippen LogP contribution in [0.15, 0.2) is 69.8 Å². The predicted molar refractivity (Wildman–Crippen MR) is 139 cm³/mol. The highest BCUT2D eigenvalue weighted by Gasteiger charge is 2.35. The third kappa shape index (κ3) is 8.27. The van der Waals surface area contributed by atoms with Crippen molar-refractivity contribution in [1.29, 1.82) is 0 Å². The van der Waals surface area contributed by atoms with Crippen LogP contribution in [0, 0.1) is 0 Å². The van der Waals surface area contributed by atoms with Crippen molar-refractivity contribution in [1.82, 2.24) is 9.80 Å². The Labute approximate surface area is 206 Å². The summed E-state index contributed by atoms with van der Waals surface area (Å²) >= 11 is 0. The minimum atomic E-state index is -3.25. The molecule has 0 fully saturated rings. The summed E-state index contributed by atoms with van der Waals surface area (Å²) in [5.41, 5.74) is 1.41. The second-order valence-corrected chi connectivity index (χ2v) is 7.84. The fourth-order valence-electron chi connectivity index (χ4n) is 3.53. The number of rotatable bonds is 11. The molecule has 0 aliphatic carbocycles. The second-order valence-electron chi connectivity index (χ2n) is 7.84. The zero-order valence-corrected chi connectivity index (χ0v) is 21.3. The lowest BCUT2D eigenvalue weighted by molar-refractivity contribution is -0.114. The fourth-order valence-corrected chi connectivity index (χ4v) is 3.53. The number of hydrogen-bond acceptors (Lipinski definition) is 5. The molecular weight excluding hydrogens is 452 g/mol. The lowest BCUT2D eigenvalue weighted by Crippen LogP contribution is -2.30. The van der Waals surface area contributed by atoms with Gasteiger partial charge in [0.05, 0.1) is 5.70 Å². The molecule has 1 aromatic carbocycles. The average Bonchev–Trinajstić information content (AvgIpc) is 2.86. The predicted octanol–water partition coefficient (Wildman–Crippen LogP) is 5.20. The SMILES string of the molecule is C=N/N=C\N(C)C[C@H](CC)c1cccc(N(C)/C=C2/C(C(C)(F)F)=CC(C=O)=CN2C=O)c1.CC. The zero-order valence-electron chi connectivity index (χ0n) is 21.3. The Balaban J connectivity index is 0.00000298. The van der Waals surface area contributed by atoms with E-state index in [1.165, 1.54) is 12.4 Å². The van der Waals surface area contributed by atoms with Crippen LogP contribution in [0.1, 0.15) is 45.6 Å². The Hall–Kier alpha value is -3.62. The minimum absolute atomic E-state index is 0.00378. The van der Waals surface area contributed by atoms with E-state index in [-0.39, 0.29) is 17.2 Å². The van der Waals surface area contributed by atoms with Crippen LogP contribution in [0.4, 0.5) is 14.5 Å². The van der Waals surface area contributed by atoms with Gasteiger partial charge in [-0.3, -0.25) is 14.5 Å². The number of allylic oxidation sites excluding steroid dienone is 3. The van der Waals surface area contributed by atoms with Gasteiger partial charge in [0.25, 0.3) is 5.92 Å². The number of halogens is 2. The molecule has 0 N–H and O–H groups in total. The fraction of sp³-hybridized carbons (Fsp3) is 0.385. The number of hydrogen-bond donors (Lipinski definition) is 0. The molecule has 35 heavy (non-hydrogen) atoms. The summed E-state index contributed by atoms with van der Waals surface area (Å²) in [7, 11) is 3.61. The molecule has 7 nitrogen and oxygen atoms in total. The van der Waals surface area contributed by atoms with Gasteiger partial charge in [0.15, 0.2) is 6.29 Å². The highest BCUT2D eigenvalue weighted by molar-refractivity contribution is 5.81. The molecule has 1 aliphatic rings. The van der Waals surface area contributed by atoms with Crippen LogP contribution >= 0.6 is 0 Å². The van der Waals surface area contributed by atoms with Crippen molar-refractivity contribution >= 4 is 31.4 Å². The minimum Gasteiger partial charge on any atom is -0.364 e. The molecule has 190 valence electrons. The maximum atomic E-state index is 14.3. The maximum Gasteiger partial charge on any atom is 0.272 e. The third-order valence-corrected chi connectivity index (χ3v) is 5.27. The third-order valence-electron chi connectivity index (χ3n) is 5.27. The number of anilines is 1. The van der Waals surface area contributed by atoms with Crippen LogP contribution in [0.2, 0.25) is 0 Å². The Bertz CT molecular complexity index is 996. The van der Waals surface area contributed by atoms with E-state index < -0.39 is 11.5 Å². The molecule has 1 amide bonds. The van der Waals surface area contributed by atoms with E-state index in [2.05, 4.69) is 23.8 Å². The first-order valence-electron chi connectivity index (χ1n) is 11.4. The van der Waals surface area contributed by atoms with Crippen LogP contribution in [-0.2, 0) is 9.59 Å². The molecule has 0 spiro atoms. The molecule has 0 saturated heterocycles. The summed E-state index contributed by atoms with van der Waals surface area (Å²) in [5, 5.41) is 7.27. The maximum absolute atomic E-state index is 14.3. The average molecular weight is 488 g/mol. The number of carbonyl (C=O) groups is 2. The van der Waals surface area contributed by atoms with E-state index in [1.807, 2.05) is 50.1 Å². The summed E-state index contributed by atoms with van der Waals surface area (Å²) in [5.74, 6) is -3.06. The molecule has 2 rings (SSSR count). The number of likely N-dealkylation sites (N-methyl/N-ethyl adjacent to an activating group) is 1. The van der Waals surface area contributed by atoms with Gasteiger partial charge in [0.2, 0.25) is 6.41 Å². The standard InChI is InChI=1S/C24H29F2N5O2.C2H6/c1-6-19(13-29(4)16-28-27-3)20-8-7-9-21(11-20)30(5)14-23-22(24(2,25)26)10-18(15-32)12-31(23)17-33;1-2/h7-12,14-17,19H,3,6,13H2,1-2,4-5H3;1-2H3/b23-14-,28-16-;/t19-;/m0./s1. The number of amides is 1. The highest BCUT2D eigenvalue weighted by Crippen LogP contribution is 2.35. The Morgan fingerprint density at radius 1 is 1.23 bits per heavy atom. The van der Waals surface area contributed by atoms with Gasteiger partial charge < -0.3 is 9.80 Å². The van der Waals surface area contributed by atoms with Crippen LogP contribution in [0.5, 0.6) is 0 Å². The first kappa shape index (κ1) is 29.4. The Morgan fingerprint density at radius 2 is 1.91 bits per heavy atom. The quantitative estimate of drug-likeness (QED) is 0.186. The van der Waals surface area contributed by atoms with Gasteiger partial charge in [-0.2, -0.15) is 5.10 Å². The largest absolute Gasteiger partial charge is 0.364 e. The Kier molecular flexibility index (Phi) is 11.7. The van der Waals surface area contributed by atoms with Crippen molar-refractivity contribution in [3.63, 3.8) is 0 Å². The molecule has 0 unspecified atom stereocenters. The van der Waals surface area contributed by atoms with E-state index in [0.29, 0.717) is 19.2 Å². The molecule has 1 heterocycles. The molecular formula is C26H35F2N5O2. The van der Waals surface area contributed by atoms with Crippen LogP contribution in [0.25, 0.3) is 0 Å². The summed E-state index contributed by atoms with van der Waals surface area (Å²) in [6, 6.07) is 7.75. The van der Waals surface area contributed by atoms with Crippen molar-refractivity contribution in [3.8, 4) is 0 Å². The van der Waals surface area contributed by atoms with E-state index in [4.69, 9.17) is 0 Å². The van der Waals surface area contributed by atoms with Gasteiger partial charge in [0.1, 0.15) is 6.34 Å². The van der Waals surface area contributed by atoms with Gasteiger partial charge >= 0.3 is 0 Å². The molecule has 0 saturated carbocycles. The van der Waals surface area contributed by atoms with Crippen LogP contribution in [-0.4, -0.2) is 62.1 Å². The van der Waals surface area contributed by atoms with Crippen molar-refractivity contribution in [2.75, 3.05) is 25.5 Å². The monoisotopic (exact) mass is 487 g/mol. The number of nitrogens with zero attached hydrogens (tertiary/aromatic N) is 5. The summed E-state index contributed by atoms with van der Waals surface area (Å²) < 4.78 is 28.6. The molecule has 1 aliphatic heterocycles. The first-order chi connectivity index (χ1) is 16.6. The van der Waals surface area contributed by atoms with Gasteiger partial charge in [-0.1, -0.05) is 32.9 Å². The topological polar surface area (TPSA) is 68.6 Å². The molecule has 0 radical (unpaired) electrons. The highest BCUT2D eigenvalue weighted by atomic mass is 19.3. The van der Waals surface area contributed by atoms with Crippen molar-refractivity contribution in [2.24, 2.45) is 10.2 Å². The molecule has 1 aromatic rings. The van der Waals surface area contributed by atoms with E-state index in [1.54, 1.807) is 18.3 Å². The number of carbonyl (C=O) groups excluding carboxylic acids is 2. The molecule has 1 atom stereocenters. The second kappa shape index (κ2) is 13.9. The first-order valence-corrected chi connectivity index (χ1v) is 11.4. The smallest absolute Gasteiger partial charge is 0.272 e. The van der Waals surface area contributed by atoms with E-state index in [0.717, 1.165) is 35.6 Å². The van der Waals surface area contributed by atoms with Gasteiger partial charge in [-0.15, -0.1) is 5.10 Å². The van der Waals surface area contributed by atoms with Gasteiger partial charge in [0, 0.05) is 69.4 Å². The van der Waals surface area contributed by atoms with E-state index in [9.17, 15) is 18.4 Å². The van der Waals surface area contributed by atoms with Crippen LogP contribution < -0.4 is 4.90 Å². The number of alkyl halides is 2. The molecule has 0 aromatic heterocycles. The summed E-state index contributed by atoms with van der Waals surface area (Å²) in [4.78, 5) is 27.3. The van der Waals surface area contributed by atoms with Gasteiger partial charge in [-0.05, 0) is 30.2 Å². The Morgan fingerprint density at radius 3 is 2.46 bits per heavy atom. The van der Waals surface area contributed by atoms with E-state index >= 15 is 0 Å². The van der Waals surface area contributed by atoms with Gasteiger partial charge in [-0.25, -0.2) is 8.78 Å². The zero-order chi connectivity index (χ0) is 26.6. The number of aldehydes is 1. The van der Waals surface area contributed by atoms with Crippen molar-refractivity contribution in [3.05, 3.63) is 65.1 Å². The molecule has 9 heteroatoms.